The first-order valence-corrected chi connectivity index (χ1v) is 18.1. The monoisotopic (exact) mass is 669 g/mol. The molecule has 6 aromatic carbocycles. The quantitative estimate of drug-likeness (QED) is 0.188. The van der Waals surface area contributed by atoms with Crippen LogP contribution in [-0.2, 0) is 10.8 Å². The smallest absolute Gasteiger partial charge is 0.235 e. The van der Waals surface area contributed by atoms with E-state index in [9.17, 15) is 0 Å². The first-order valence-electron chi connectivity index (χ1n) is 18.1. The van der Waals surface area contributed by atoms with E-state index in [1.165, 1.54) is 38.6 Å². The van der Waals surface area contributed by atoms with Crippen molar-refractivity contribution in [2.45, 2.75) is 38.0 Å². The number of furan rings is 1. The van der Waals surface area contributed by atoms with Gasteiger partial charge >= 0.3 is 0 Å². The van der Waals surface area contributed by atoms with Gasteiger partial charge in [0.2, 0.25) is 5.95 Å². The van der Waals surface area contributed by atoms with Crippen LogP contribution in [-0.4, -0.2) is 14.5 Å². The maximum atomic E-state index is 6.56. The van der Waals surface area contributed by atoms with Crippen molar-refractivity contribution in [2.24, 2.45) is 0 Å². The fourth-order valence-electron chi connectivity index (χ4n) is 9.25. The molecule has 4 nitrogen and oxygen atoms in total. The summed E-state index contributed by atoms with van der Waals surface area (Å²) in [5.41, 5.74) is 13.0. The average molecular weight is 670 g/mol. The largest absolute Gasteiger partial charge is 0.456 e. The van der Waals surface area contributed by atoms with Crippen LogP contribution in [0.5, 0.6) is 0 Å². The lowest BCUT2D eigenvalue weighted by atomic mass is 9.74. The first kappa shape index (κ1) is 29.5. The van der Waals surface area contributed by atoms with Gasteiger partial charge in [-0.2, -0.15) is 0 Å². The van der Waals surface area contributed by atoms with Crippen LogP contribution in [0.3, 0.4) is 0 Å². The van der Waals surface area contributed by atoms with E-state index in [4.69, 9.17) is 14.4 Å². The summed E-state index contributed by atoms with van der Waals surface area (Å²) in [7, 11) is 0. The second-order valence-corrected chi connectivity index (χ2v) is 15.2. The third kappa shape index (κ3) is 3.92. The second kappa shape index (κ2) is 10.4. The normalized spacial score (nSPS) is 17.7. The van der Waals surface area contributed by atoms with Crippen LogP contribution < -0.4 is 0 Å². The minimum atomic E-state index is -0.313. The molecule has 1 unspecified atom stereocenters. The summed E-state index contributed by atoms with van der Waals surface area (Å²) < 4.78 is 8.88. The van der Waals surface area contributed by atoms with Crippen molar-refractivity contribution in [1.82, 2.24) is 14.5 Å². The summed E-state index contributed by atoms with van der Waals surface area (Å²) in [6.45, 7) is 7.00. The molecular formula is C48H35N3O. The number of hydrogen-bond donors (Lipinski definition) is 0. The molecule has 0 fully saturated rings. The molecular weight excluding hydrogens is 635 g/mol. The van der Waals surface area contributed by atoms with Gasteiger partial charge in [0.1, 0.15) is 11.2 Å². The van der Waals surface area contributed by atoms with Gasteiger partial charge in [-0.3, -0.25) is 4.57 Å². The van der Waals surface area contributed by atoms with Crippen molar-refractivity contribution >= 4 is 60.2 Å². The molecule has 3 heterocycles. The molecule has 0 saturated carbocycles. The van der Waals surface area contributed by atoms with E-state index >= 15 is 0 Å². The Morgan fingerprint density at radius 3 is 2.25 bits per heavy atom. The van der Waals surface area contributed by atoms with E-state index in [-0.39, 0.29) is 10.8 Å². The SMILES string of the molecule is CC1(c2cccc3c2oc2ccccc23)C=C(c2nc(-n3c4ccccc4c4ccc5c(c43)-c3ccccc3C5(C)C)nc3ccccc23)C=CC1. The highest BCUT2D eigenvalue weighted by atomic mass is 16.3. The fraction of sp³-hybridized carbons (Fsp3) is 0.125. The van der Waals surface area contributed by atoms with E-state index in [1.807, 2.05) is 6.07 Å². The lowest BCUT2D eigenvalue weighted by Crippen LogP contribution is -2.21. The van der Waals surface area contributed by atoms with Gasteiger partial charge in [0, 0.05) is 48.9 Å². The lowest BCUT2D eigenvalue weighted by molar-refractivity contribution is 0.582. The third-order valence-electron chi connectivity index (χ3n) is 11.8. The fourth-order valence-corrected chi connectivity index (χ4v) is 9.25. The van der Waals surface area contributed by atoms with Crippen molar-refractivity contribution < 1.29 is 4.42 Å². The number of aromatic nitrogens is 3. The Kier molecular flexibility index (Phi) is 5.89. The molecule has 248 valence electrons. The second-order valence-electron chi connectivity index (χ2n) is 15.2. The van der Waals surface area contributed by atoms with E-state index in [0.717, 1.165) is 61.6 Å². The van der Waals surface area contributed by atoms with Crippen LogP contribution in [0.2, 0.25) is 0 Å². The predicted molar refractivity (Wildman–Crippen MR) is 214 cm³/mol. The Balaban J connectivity index is 1.18. The maximum Gasteiger partial charge on any atom is 0.235 e. The summed E-state index contributed by atoms with van der Waals surface area (Å²) in [4.78, 5) is 10.9. The molecule has 0 radical (unpaired) electrons. The number of nitrogens with zero attached hydrogens (tertiary/aromatic N) is 3. The Morgan fingerprint density at radius 1 is 0.615 bits per heavy atom. The molecule has 11 rings (SSSR count). The van der Waals surface area contributed by atoms with Crippen LogP contribution in [0, 0.1) is 0 Å². The zero-order chi connectivity index (χ0) is 34.8. The van der Waals surface area contributed by atoms with Gasteiger partial charge in [0.25, 0.3) is 0 Å². The van der Waals surface area contributed by atoms with Gasteiger partial charge in [-0.1, -0.05) is 148 Å². The predicted octanol–water partition coefficient (Wildman–Crippen LogP) is 12.2. The van der Waals surface area contributed by atoms with Gasteiger partial charge < -0.3 is 4.42 Å². The summed E-state index contributed by atoms with van der Waals surface area (Å²) >= 11 is 0. The van der Waals surface area contributed by atoms with E-state index in [0.29, 0.717) is 5.95 Å². The molecule has 2 aliphatic carbocycles. The van der Waals surface area contributed by atoms with Gasteiger partial charge in [0.05, 0.1) is 22.2 Å². The molecule has 52 heavy (non-hydrogen) atoms. The third-order valence-corrected chi connectivity index (χ3v) is 11.8. The zero-order valence-electron chi connectivity index (χ0n) is 29.3. The molecule has 0 bridgehead atoms. The van der Waals surface area contributed by atoms with Crippen LogP contribution in [0.15, 0.2) is 150 Å². The van der Waals surface area contributed by atoms with Crippen molar-refractivity contribution in [1.29, 1.82) is 0 Å². The van der Waals surface area contributed by atoms with Crippen LogP contribution in [0.25, 0.3) is 77.3 Å². The summed E-state index contributed by atoms with van der Waals surface area (Å²) in [5, 5.41) is 5.74. The number of fused-ring (bicyclic) bond motifs is 11. The Morgan fingerprint density at radius 2 is 1.35 bits per heavy atom. The lowest BCUT2D eigenvalue weighted by Gasteiger charge is -2.29. The van der Waals surface area contributed by atoms with Crippen LogP contribution in [0.4, 0.5) is 0 Å². The van der Waals surface area contributed by atoms with Gasteiger partial charge in [-0.05, 0) is 46.9 Å². The minimum Gasteiger partial charge on any atom is -0.456 e. The van der Waals surface area contributed by atoms with Crippen molar-refractivity contribution in [3.8, 4) is 17.1 Å². The van der Waals surface area contributed by atoms with Gasteiger partial charge in [-0.25, -0.2) is 9.97 Å². The first-order chi connectivity index (χ1) is 25.4. The Hall–Kier alpha value is -6.26. The number of allylic oxidation sites excluding steroid dienone is 4. The highest BCUT2D eigenvalue weighted by Crippen LogP contribution is 2.53. The van der Waals surface area contributed by atoms with Crippen molar-refractivity contribution in [3.05, 3.63) is 168 Å². The standard InChI is InChI=1S/C48H35N3O/c1-47(2)36-20-8-4-17-34(36)42-37(47)26-25-32-30-15-6-10-23-40(30)51(44(32)42)46-49-39-22-9-5-18-35(39)43(50-46)29-14-13-27-48(3,28-29)38-21-12-19-33-31-16-7-11-24-41(31)52-45(33)38/h4-26,28H,27H2,1-3H3. The molecule has 1 atom stereocenters. The molecule has 0 amide bonds. The highest BCUT2D eigenvalue weighted by molar-refractivity contribution is 6.15. The zero-order valence-corrected chi connectivity index (χ0v) is 29.3. The maximum absolute atomic E-state index is 6.56. The Labute approximate surface area is 301 Å². The molecule has 0 spiro atoms. The van der Waals surface area contributed by atoms with Crippen LogP contribution >= 0.6 is 0 Å². The molecule has 0 N–H and O–H groups in total. The molecule has 0 saturated heterocycles. The van der Waals surface area contributed by atoms with E-state index in [2.05, 4.69) is 165 Å². The van der Waals surface area contributed by atoms with Gasteiger partial charge in [0.15, 0.2) is 0 Å². The topological polar surface area (TPSA) is 43.9 Å². The summed E-state index contributed by atoms with van der Waals surface area (Å²) in [6, 6.07) is 45.5. The molecule has 9 aromatic rings. The molecule has 3 aromatic heterocycles. The Bertz CT molecular complexity index is 3040. The van der Waals surface area contributed by atoms with Crippen LogP contribution in [0.1, 0.15) is 49.6 Å². The number of para-hydroxylation sites is 4. The molecule has 2 aliphatic rings. The van der Waals surface area contributed by atoms with Crippen molar-refractivity contribution in [3.63, 3.8) is 0 Å². The van der Waals surface area contributed by atoms with Gasteiger partial charge in [-0.15, -0.1) is 0 Å². The number of benzene rings is 6. The van der Waals surface area contributed by atoms with E-state index < -0.39 is 0 Å². The summed E-state index contributed by atoms with van der Waals surface area (Å²) in [6.07, 6.45) is 7.79. The summed E-state index contributed by atoms with van der Waals surface area (Å²) in [5.74, 6) is 0.677. The minimum absolute atomic E-state index is 0.123. The molecule has 4 heteroatoms. The number of rotatable bonds is 3. The number of hydrogen-bond acceptors (Lipinski definition) is 3. The van der Waals surface area contributed by atoms with Crippen molar-refractivity contribution in [2.75, 3.05) is 0 Å². The van der Waals surface area contributed by atoms with E-state index in [1.54, 1.807) is 0 Å². The molecule has 0 aliphatic heterocycles. The average Bonchev–Trinajstić information content (AvgIpc) is 3.80. The highest BCUT2D eigenvalue weighted by Gasteiger charge is 2.38.